The van der Waals surface area contributed by atoms with E-state index in [2.05, 4.69) is 26.7 Å². The van der Waals surface area contributed by atoms with Crippen molar-refractivity contribution in [2.75, 3.05) is 25.0 Å². The third-order valence-electron chi connectivity index (χ3n) is 4.52. The first kappa shape index (κ1) is 16.9. The Hall–Kier alpha value is -1.95. The second-order valence-corrected chi connectivity index (χ2v) is 6.40. The highest BCUT2D eigenvalue weighted by Gasteiger charge is 2.16. The van der Waals surface area contributed by atoms with Crippen molar-refractivity contribution in [1.29, 1.82) is 0 Å². The highest BCUT2D eigenvalue weighted by molar-refractivity contribution is 5.92. The lowest BCUT2D eigenvalue weighted by molar-refractivity contribution is 0.0949. The summed E-state index contributed by atoms with van der Waals surface area (Å²) in [5, 5.41) is 6.10. The first-order chi connectivity index (χ1) is 11.8. The quantitative estimate of drug-likeness (QED) is 0.752. The number of allylic oxidation sites excluding steroid dienone is 1. The molecular formula is C18H26N4O2. The lowest BCUT2D eigenvalue weighted by Gasteiger charge is -2.13. The number of hydrogen-bond donors (Lipinski definition) is 2. The molecule has 0 saturated carbocycles. The minimum atomic E-state index is -0.144. The largest absolute Gasteiger partial charge is 0.376 e. The van der Waals surface area contributed by atoms with Crippen LogP contribution >= 0.6 is 0 Å². The summed E-state index contributed by atoms with van der Waals surface area (Å²) in [5.41, 5.74) is 1.86. The van der Waals surface area contributed by atoms with E-state index in [1.165, 1.54) is 31.3 Å². The third kappa shape index (κ3) is 5.03. The molecule has 0 bridgehead atoms. The summed E-state index contributed by atoms with van der Waals surface area (Å²) in [6.07, 6.45) is 12.1. The second-order valence-electron chi connectivity index (χ2n) is 6.40. The van der Waals surface area contributed by atoms with E-state index in [0.29, 0.717) is 24.7 Å². The minimum Gasteiger partial charge on any atom is -0.376 e. The van der Waals surface area contributed by atoms with E-state index < -0.39 is 0 Å². The van der Waals surface area contributed by atoms with Crippen molar-refractivity contribution in [3.05, 3.63) is 29.6 Å². The number of hydrogen-bond acceptors (Lipinski definition) is 5. The summed E-state index contributed by atoms with van der Waals surface area (Å²) < 4.78 is 5.56. The maximum Gasteiger partial charge on any atom is 0.270 e. The summed E-state index contributed by atoms with van der Waals surface area (Å²) in [5.74, 6) is 0.335. The molecule has 0 radical (unpaired) electrons. The van der Waals surface area contributed by atoms with Crippen molar-refractivity contribution in [3.63, 3.8) is 0 Å². The van der Waals surface area contributed by atoms with Crippen molar-refractivity contribution in [3.8, 4) is 0 Å². The van der Waals surface area contributed by atoms with Crippen LogP contribution in [-0.4, -0.2) is 41.7 Å². The Labute approximate surface area is 143 Å². The smallest absolute Gasteiger partial charge is 0.270 e. The monoisotopic (exact) mass is 330 g/mol. The van der Waals surface area contributed by atoms with Gasteiger partial charge in [-0.15, -0.1) is 0 Å². The number of nitrogens with one attached hydrogen (secondary N) is 2. The third-order valence-corrected chi connectivity index (χ3v) is 4.52. The predicted molar refractivity (Wildman–Crippen MR) is 93.0 cm³/mol. The van der Waals surface area contributed by atoms with E-state index in [-0.39, 0.29) is 12.0 Å². The Balaban J connectivity index is 1.45. The molecule has 2 heterocycles. The van der Waals surface area contributed by atoms with Crippen LogP contribution in [0, 0.1) is 0 Å². The minimum absolute atomic E-state index is 0.144. The topological polar surface area (TPSA) is 76.1 Å². The van der Waals surface area contributed by atoms with Gasteiger partial charge in [-0.1, -0.05) is 11.6 Å². The first-order valence-electron chi connectivity index (χ1n) is 8.96. The maximum atomic E-state index is 12.2. The number of carbonyl (C=O) groups is 1. The van der Waals surface area contributed by atoms with Gasteiger partial charge in [-0.05, 0) is 51.0 Å². The zero-order valence-electron chi connectivity index (χ0n) is 14.1. The molecule has 130 valence electrons. The van der Waals surface area contributed by atoms with Gasteiger partial charge in [0.1, 0.15) is 5.69 Å². The number of aromatic nitrogens is 2. The number of amides is 1. The molecule has 1 saturated heterocycles. The lowest BCUT2D eigenvalue weighted by atomic mass is 9.97. The van der Waals surface area contributed by atoms with E-state index in [9.17, 15) is 4.79 Å². The first-order valence-corrected chi connectivity index (χ1v) is 8.96. The number of rotatable bonds is 7. The molecule has 1 amide bonds. The average molecular weight is 330 g/mol. The van der Waals surface area contributed by atoms with Gasteiger partial charge in [0.15, 0.2) is 0 Å². The number of nitrogens with zero attached hydrogens (tertiary/aromatic N) is 2. The van der Waals surface area contributed by atoms with Crippen LogP contribution in [0.1, 0.15) is 55.4 Å². The van der Waals surface area contributed by atoms with Crippen molar-refractivity contribution in [2.24, 2.45) is 0 Å². The molecule has 1 aliphatic heterocycles. The Morgan fingerprint density at radius 1 is 1.33 bits per heavy atom. The fourth-order valence-corrected chi connectivity index (χ4v) is 3.14. The second kappa shape index (κ2) is 8.78. The van der Waals surface area contributed by atoms with Crippen LogP contribution in [0.4, 0.5) is 5.95 Å². The summed E-state index contributed by atoms with van der Waals surface area (Å²) in [4.78, 5) is 20.7. The molecule has 1 aromatic rings. The van der Waals surface area contributed by atoms with Gasteiger partial charge in [-0.2, -0.15) is 0 Å². The molecule has 0 aromatic carbocycles. The summed E-state index contributed by atoms with van der Waals surface area (Å²) >= 11 is 0. The van der Waals surface area contributed by atoms with Gasteiger partial charge in [0.2, 0.25) is 5.95 Å². The standard InChI is InChI=1S/C18H26N4O2/c23-17(19-10-8-14-5-2-1-3-6-14)16-9-11-20-18(22-16)21-13-15-7-4-12-24-15/h5,9,11,15H,1-4,6-8,10,12-13H2,(H,19,23)(H,20,21,22). The molecular weight excluding hydrogens is 304 g/mol. The van der Waals surface area contributed by atoms with Crippen molar-refractivity contribution in [2.45, 2.75) is 51.0 Å². The van der Waals surface area contributed by atoms with Gasteiger partial charge in [0, 0.05) is 25.9 Å². The maximum absolute atomic E-state index is 12.2. The molecule has 2 aliphatic rings. The molecule has 2 N–H and O–H groups in total. The van der Waals surface area contributed by atoms with Gasteiger partial charge in [-0.25, -0.2) is 9.97 Å². The molecule has 1 atom stereocenters. The lowest BCUT2D eigenvalue weighted by Crippen LogP contribution is -2.26. The van der Waals surface area contributed by atoms with Gasteiger partial charge in [0.05, 0.1) is 6.10 Å². The summed E-state index contributed by atoms with van der Waals surface area (Å²) in [6, 6.07) is 1.65. The Kier molecular flexibility index (Phi) is 6.18. The van der Waals surface area contributed by atoms with E-state index >= 15 is 0 Å². The molecule has 6 heteroatoms. The van der Waals surface area contributed by atoms with E-state index in [4.69, 9.17) is 4.74 Å². The SMILES string of the molecule is O=C(NCCC1=CCCCC1)c1ccnc(NCC2CCCO2)n1. The molecule has 1 fully saturated rings. The molecule has 3 rings (SSSR count). The normalized spacial score (nSPS) is 20.5. The van der Waals surface area contributed by atoms with Crippen LogP contribution in [0.25, 0.3) is 0 Å². The molecule has 0 spiro atoms. The van der Waals surface area contributed by atoms with Crippen LogP contribution in [0.15, 0.2) is 23.9 Å². The van der Waals surface area contributed by atoms with Crippen LogP contribution in [0.3, 0.4) is 0 Å². The number of carbonyl (C=O) groups excluding carboxylic acids is 1. The van der Waals surface area contributed by atoms with E-state index in [1.54, 1.807) is 12.3 Å². The van der Waals surface area contributed by atoms with Crippen LogP contribution < -0.4 is 10.6 Å². The van der Waals surface area contributed by atoms with Crippen molar-refractivity contribution >= 4 is 11.9 Å². The van der Waals surface area contributed by atoms with Gasteiger partial charge >= 0.3 is 0 Å². The highest BCUT2D eigenvalue weighted by Crippen LogP contribution is 2.19. The van der Waals surface area contributed by atoms with Crippen molar-refractivity contribution < 1.29 is 9.53 Å². The van der Waals surface area contributed by atoms with Gasteiger partial charge < -0.3 is 15.4 Å². The molecule has 1 aromatic heterocycles. The fraction of sp³-hybridized carbons (Fsp3) is 0.611. The molecule has 24 heavy (non-hydrogen) atoms. The molecule has 6 nitrogen and oxygen atoms in total. The zero-order valence-corrected chi connectivity index (χ0v) is 14.1. The van der Waals surface area contributed by atoms with Crippen LogP contribution in [0.5, 0.6) is 0 Å². The Morgan fingerprint density at radius 3 is 3.08 bits per heavy atom. The van der Waals surface area contributed by atoms with Crippen LogP contribution in [0.2, 0.25) is 0 Å². The Morgan fingerprint density at radius 2 is 2.29 bits per heavy atom. The number of anilines is 1. The predicted octanol–water partition coefficient (Wildman–Crippen LogP) is 2.69. The van der Waals surface area contributed by atoms with Crippen molar-refractivity contribution in [1.82, 2.24) is 15.3 Å². The van der Waals surface area contributed by atoms with E-state index in [1.807, 2.05) is 0 Å². The van der Waals surface area contributed by atoms with Crippen LogP contribution in [-0.2, 0) is 4.74 Å². The summed E-state index contributed by atoms with van der Waals surface area (Å²) in [7, 11) is 0. The highest BCUT2D eigenvalue weighted by atomic mass is 16.5. The average Bonchev–Trinajstić information content (AvgIpc) is 3.15. The summed E-state index contributed by atoms with van der Waals surface area (Å²) in [6.45, 7) is 2.17. The molecule has 1 unspecified atom stereocenters. The van der Waals surface area contributed by atoms with Gasteiger partial charge in [-0.3, -0.25) is 4.79 Å². The Bertz CT molecular complexity index is 582. The number of ether oxygens (including phenoxy) is 1. The van der Waals surface area contributed by atoms with Gasteiger partial charge in [0.25, 0.3) is 5.91 Å². The van der Waals surface area contributed by atoms with E-state index in [0.717, 1.165) is 25.9 Å². The molecule has 1 aliphatic carbocycles. The zero-order chi connectivity index (χ0) is 16.6. The fourth-order valence-electron chi connectivity index (χ4n) is 3.14.